The monoisotopic (exact) mass is 339 g/mol. The first-order valence-corrected chi connectivity index (χ1v) is 8.37. The van der Waals surface area contributed by atoms with Gasteiger partial charge in [0.25, 0.3) is 0 Å². The molecule has 2 rings (SSSR count). The summed E-state index contributed by atoms with van der Waals surface area (Å²) in [7, 11) is 0. The second kappa shape index (κ2) is 8.42. The Hall–Kier alpha value is -1.23. The minimum absolute atomic E-state index is 0.129. The number of ether oxygens (including phenoxy) is 1. The van der Waals surface area contributed by atoms with Crippen molar-refractivity contribution in [1.29, 1.82) is 0 Å². The van der Waals surface area contributed by atoms with Gasteiger partial charge in [0.2, 0.25) is 0 Å². The van der Waals surface area contributed by atoms with Gasteiger partial charge in [0.1, 0.15) is 18.2 Å². The van der Waals surface area contributed by atoms with E-state index in [1.54, 1.807) is 12.1 Å². The van der Waals surface area contributed by atoms with Gasteiger partial charge in [-0.1, -0.05) is 42.4 Å². The topological polar surface area (TPSA) is 21.3 Å². The number of hydrogen-bond donors (Lipinski definition) is 1. The second-order valence-electron chi connectivity index (χ2n) is 4.89. The number of benzene rings is 2. The summed E-state index contributed by atoms with van der Waals surface area (Å²) >= 11 is 7.34. The summed E-state index contributed by atoms with van der Waals surface area (Å²) in [4.78, 5) is 1.86. The first-order chi connectivity index (χ1) is 10.6. The van der Waals surface area contributed by atoms with E-state index in [0.29, 0.717) is 6.61 Å². The fourth-order valence-corrected chi connectivity index (χ4v) is 3.13. The summed E-state index contributed by atoms with van der Waals surface area (Å²) in [5, 5.41) is 3.44. The van der Waals surface area contributed by atoms with E-state index in [2.05, 4.69) is 19.2 Å². The van der Waals surface area contributed by atoms with Crippen LogP contribution in [0.4, 0.5) is 4.39 Å². The van der Waals surface area contributed by atoms with E-state index in [-0.39, 0.29) is 11.1 Å². The molecule has 0 aliphatic heterocycles. The Kier molecular flexibility index (Phi) is 6.55. The predicted molar refractivity (Wildman–Crippen MR) is 90.6 cm³/mol. The Balaban J connectivity index is 2.09. The van der Waals surface area contributed by atoms with Gasteiger partial charge in [0.15, 0.2) is 0 Å². The molecular formula is C17H19ClFNOS. The molecule has 2 nitrogen and oxygen atoms in total. The molecule has 0 bridgehead atoms. The Bertz CT molecular complexity index is 623. The first kappa shape index (κ1) is 17.1. The first-order valence-electron chi connectivity index (χ1n) is 7.18. The second-order valence-corrected chi connectivity index (χ2v) is 6.42. The molecule has 0 saturated carbocycles. The molecule has 1 unspecified atom stereocenters. The van der Waals surface area contributed by atoms with Crippen molar-refractivity contribution < 1.29 is 9.13 Å². The van der Waals surface area contributed by atoms with Crippen molar-refractivity contribution in [3.05, 3.63) is 53.3 Å². The zero-order chi connectivity index (χ0) is 15.9. The number of hydrogen-bond acceptors (Lipinski definition) is 3. The van der Waals surface area contributed by atoms with Gasteiger partial charge in [0.05, 0.1) is 9.92 Å². The highest BCUT2D eigenvalue weighted by molar-refractivity contribution is 7.99. The van der Waals surface area contributed by atoms with Gasteiger partial charge in [-0.05, 0) is 43.8 Å². The van der Waals surface area contributed by atoms with Crippen LogP contribution in [0.5, 0.6) is 5.75 Å². The summed E-state index contributed by atoms with van der Waals surface area (Å²) < 4.78 is 19.1. The Labute approximate surface area is 140 Å². The maximum Gasteiger partial charge on any atom is 0.141 e. The van der Waals surface area contributed by atoms with E-state index in [1.165, 1.54) is 17.8 Å². The molecule has 0 amide bonds. The number of likely N-dealkylation sites (N-methyl/N-ethyl adjacent to an activating group) is 1. The molecule has 1 atom stereocenters. The van der Waals surface area contributed by atoms with Crippen LogP contribution in [0.3, 0.4) is 0 Å². The molecule has 2 aromatic carbocycles. The fraction of sp³-hybridized carbons (Fsp3) is 0.294. The fourth-order valence-electron chi connectivity index (χ4n) is 1.94. The zero-order valence-corrected chi connectivity index (χ0v) is 14.2. The smallest absolute Gasteiger partial charge is 0.141 e. The van der Waals surface area contributed by atoms with Crippen LogP contribution >= 0.6 is 23.4 Å². The van der Waals surface area contributed by atoms with Gasteiger partial charge in [-0.25, -0.2) is 4.39 Å². The van der Waals surface area contributed by atoms with Crippen LogP contribution in [0.1, 0.15) is 13.8 Å². The maximum absolute atomic E-state index is 13.2. The molecule has 0 radical (unpaired) electrons. The summed E-state index contributed by atoms with van der Waals surface area (Å²) in [5.41, 5.74) is 0. The van der Waals surface area contributed by atoms with Crippen molar-refractivity contribution in [3.63, 3.8) is 0 Å². The maximum atomic E-state index is 13.2. The average molecular weight is 340 g/mol. The summed E-state index contributed by atoms with van der Waals surface area (Å²) in [6, 6.07) is 12.8. The van der Waals surface area contributed by atoms with Gasteiger partial charge < -0.3 is 10.1 Å². The lowest BCUT2D eigenvalue weighted by Crippen LogP contribution is -2.31. The summed E-state index contributed by atoms with van der Waals surface area (Å²) in [6.45, 7) is 5.65. The SMILES string of the molecule is CCNC(C)COc1ccccc1Sc1ccc(F)c(Cl)c1. The zero-order valence-electron chi connectivity index (χ0n) is 12.6. The molecule has 0 aromatic heterocycles. The third-order valence-corrected chi connectivity index (χ3v) is 4.35. The van der Waals surface area contributed by atoms with Crippen LogP contribution in [0.2, 0.25) is 5.02 Å². The number of rotatable bonds is 7. The lowest BCUT2D eigenvalue weighted by molar-refractivity contribution is 0.270. The van der Waals surface area contributed by atoms with Gasteiger partial charge in [0, 0.05) is 10.9 Å². The lowest BCUT2D eigenvalue weighted by atomic mass is 10.3. The Morgan fingerprint density at radius 2 is 2.05 bits per heavy atom. The molecule has 0 heterocycles. The summed E-state index contributed by atoms with van der Waals surface area (Å²) in [5.74, 6) is 0.410. The van der Waals surface area contributed by atoms with Gasteiger partial charge in [-0.3, -0.25) is 0 Å². The predicted octanol–water partition coefficient (Wildman–Crippen LogP) is 5.01. The number of para-hydroxylation sites is 1. The van der Waals surface area contributed by atoms with Gasteiger partial charge in [-0.15, -0.1) is 0 Å². The van der Waals surface area contributed by atoms with E-state index in [4.69, 9.17) is 16.3 Å². The highest BCUT2D eigenvalue weighted by Gasteiger charge is 2.09. The quantitative estimate of drug-likeness (QED) is 0.766. The molecule has 0 fully saturated rings. The van der Waals surface area contributed by atoms with E-state index in [0.717, 1.165) is 22.1 Å². The van der Waals surface area contributed by atoms with Crippen molar-refractivity contribution in [2.24, 2.45) is 0 Å². The lowest BCUT2D eigenvalue weighted by Gasteiger charge is -2.16. The highest BCUT2D eigenvalue weighted by Crippen LogP contribution is 2.36. The third kappa shape index (κ3) is 4.90. The van der Waals surface area contributed by atoms with Crippen LogP contribution in [0.25, 0.3) is 0 Å². The normalized spacial score (nSPS) is 12.2. The van der Waals surface area contributed by atoms with Crippen LogP contribution in [0, 0.1) is 5.82 Å². The van der Waals surface area contributed by atoms with Crippen molar-refractivity contribution in [2.75, 3.05) is 13.2 Å². The van der Waals surface area contributed by atoms with E-state index in [9.17, 15) is 4.39 Å². The molecule has 0 aliphatic carbocycles. The Morgan fingerprint density at radius 1 is 1.27 bits per heavy atom. The molecule has 5 heteroatoms. The van der Waals surface area contributed by atoms with Crippen molar-refractivity contribution in [1.82, 2.24) is 5.32 Å². The molecule has 118 valence electrons. The molecule has 0 aliphatic rings. The average Bonchev–Trinajstić information content (AvgIpc) is 2.50. The van der Waals surface area contributed by atoms with Crippen molar-refractivity contribution in [2.45, 2.75) is 29.7 Å². The molecule has 2 aromatic rings. The standard InChI is InChI=1S/C17H19ClFNOS/c1-3-20-12(2)11-21-16-6-4-5-7-17(16)22-13-8-9-15(19)14(18)10-13/h4-10,12,20H,3,11H2,1-2H3. The molecule has 1 N–H and O–H groups in total. The van der Waals surface area contributed by atoms with E-state index < -0.39 is 5.82 Å². The largest absolute Gasteiger partial charge is 0.491 e. The molecule has 22 heavy (non-hydrogen) atoms. The summed E-state index contributed by atoms with van der Waals surface area (Å²) in [6.07, 6.45) is 0. The van der Waals surface area contributed by atoms with Gasteiger partial charge >= 0.3 is 0 Å². The van der Waals surface area contributed by atoms with Crippen LogP contribution in [-0.2, 0) is 0 Å². The highest BCUT2D eigenvalue weighted by atomic mass is 35.5. The number of halogens is 2. The van der Waals surface area contributed by atoms with E-state index in [1.807, 2.05) is 24.3 Å². The number of nitrogens with one attached hydrogen (secondary N) is 1. The molecular weight excluding hydrogens is 321 g/mol. The van der Waals surface area contributed by atoms with E-state index >= 15 is 0 Å². The third-order valence-electron chi connectivity index (χ3n) is 3.01. The molecule has 0 spiro atoms. The van der Waals surface area contributed by atoms with Crippen molar-refractivity contribution >= 4 is 23.4 Å². The minimum Gasteiger partial charge on any atom is -0.491 e. The van der Waals surface area contributed by atoms with Crippen LogP contribution < -0.4 is 10.1 Å². The Morgan fingerprint density at radius 3 is 2.77 bits per heavy atom. The van der Waals surface area contributed by atoms with Crippen LogP contribution in [0.15, 0.2) is 52.3 Å². The van der Waals surface area contributed by atoms with Crippen LogP contribution in [-0.4, -0.2) is 19.2 Å². The van der Waals surface area contributed by atoms with Crippen molar-refractivity contribution in [3.8, 4) is 5.75 Å². The molecule has 0 saturated heterocycles. The van der Waals surface area contributed by atoms with Gasteiger partial charge in [-0.2, -0.15) is 0 Å². The minimum atomic E-state index is -0.407.